The Morgan fingerprint density at radius 1 is 1.18 bits per heavy atom. The number of aliphatic imine (C=N–C) groups is 1. The number of carbonyl (C=O) groups is 1. The van der Waals surface area contributed by atoms with Gasteiger partial charge in [-0.15, -0.1) is 35.3 Å². The van der Waals surface area contributed by atoms with E-state index >= 15 is 0 Å². The number of primary amides is 1. The Kier molecular flexibility index (Phi) is 8.21. The minimum absolute atomic E-state index is 0. The summed E-state index contributed by atoms with van der Waals surface area (Å²) in [4.78, 5) is 16.2. The highest BCUT2D eigenvalue weighted by Crippen LogP contribution is 2.29. The van der Waals surface area contributed by atoms with Crippen LogP contribution in [0.25, 0.3) is 10.1 Å². The SMILES string of the molecule is CN=C(NCc1ccc(C(N)=O)cc1)NCC(O)c1cc2ccccc2s1.I. The molecule has 8 heteroatoms. The first kappa shape index (κ1) is 22.1. The van der Waals surface area contributed by atoms with Crippen LogP contribution in [0.2, 0.25) is 0 Å². The van der Waals surface area contributed by atoms with Crippen LogP contribution in [0.5, 0.6) is 0 Å². The monoisotopic (exact) mass is 510 g/mol. The summed E-state index contributed by atoms with van der Waals surface area (Å²) >= 11 is 1.59. The zero-order valence-corrected chi connectivity index (χ0v) is 18.5. The van der Waals surface area contributed by atoms with Crippen molar-refractivity contribution in [2.75, 3.05) is 13.6 Å². The van der Waals surface area contributed by atoms with Crippen LogP contribution in [0.15, 0.2) is 59.6 Å². The molecule has 0 bridgehead atoms. The van der Waals surface area contributed by atoms with Gasteiger partial charge in [0, 0.05) is 35.3 Å². The summed E-state index contributed by atoms with van der Waals surface area (Å²) in [6.45, 7) is 0.894. The number of thiophene rings is 1. The van der Waals surface area contributed by atoms with Crippen LogP contribution in [-0.2, 0) is 6.54 Å². The second-order valence-electron chi connectivity index (χ2n) is 6.07. The molecule has 1 amide bonds. The number of carbonyl (C=O) groups excluding carboxylic acids is 1. The molecule has 3 rings (SSSR count). The number of halogens is 1. The van der Waals surface area contributed by atoms with Crippen LogP contribution >= 0.6 is 35.3 Å². The fourth-order valence-corrected chi connectivity index (χ4v) is 3.70. The molecule has 5 N–H and O–H groups in total. The van der Waals surface area contributed by atoms with Gasteiger partial charge in [0.1, 0.15) is 6.10 Å². The number of nitrogens with zero attached hydrogens (tertiary/aromatic N) is 1. The molecule has 0 radical (unpaired) electrons. The zero-order valence-electron chi connectivity index (χ0n) is 15.4. The van der Waals surface area contributed by atoms with Gasteiger partial charge in [-0.3, -0.25) is 9.79 Å². The molecule has 1 unspecified atom stereocenters. The normalized spacial score (nSPS) is 12.3. The highest BCUT2D eigenvalue weighted by molar-refractivity contribution is 14.0. The maximum atomic E-state index is 11.1. The van der Waals surface area contributed by atoms with Crippen molar-refractivity contribution >= 4 is 57.3 Å². The largest absolute Gasteiger partial charge is 0.386 e. The smallest absolute Gasteiger partial charge is 0.248 e. The van der Waals surface area contributed by atoms with Gasteiger partial charge in [-0.1, -0.05) is 30.3 Å². The molecule has 0 spiro atoms. The third-order valence-electron chi connectivity index (χ3n) is 4.16. The lowest BCUT2D eigenvalue weighted by Gasteiger charge is -2.14. The van der Waals surface area contributed by atoms with Gasteiger partial charge in [-0.25, -0.2) is 0 Å². The Bertz CT molecular complexity index is 923. The Labute approximate surface area is 184 Å². The molecule has 3 aromatic rings. The van der Waals surface area contributed by atoms with E-state index in [-0.39, 0.29) is 24.0 Å². The lowest BCUT2D eigenvalue weighted by atomic mass is 10.1. The van der Waals surface area contributed by atoms with Crippen molar-refractivity contribution in [1.82, 2.24) is 10.6 Å². The highest BCUT2D eigenvalue weighted by atomic mass is 127. The first-order valence-electron chi connectivity index (χ1n) is 8.56. The van der Waals surface area contributed by atoms with E-state index in [9.17, 15) is 9.90 Å². The Morgan fingerprint density at radius 3 is 2.54 bits per heavy atom. The summed E-state index contributed by atoms with van der Waals surface area (Å²) in [6, 6.07) is 17.2. The molecule has 0 saturated heterocycles. The predicted octanol–water partition coefficient (Wildman–Crippen LogP) is 3.02. The predicted molar refractivity (Wildman–Crippen MR) is 125 cm³/mol. The molecule has 1 heterocycles. The molecule has 28 heavy (non-hydrogen) atoms. The third-order valence-corrected chi connectivity index (χ3v) is 5.38. The van der Waals surface area contributed by atoms with Crippen molar-refractivity contribution in [3.63, 3.8) is 0 Å². The third kappa shape index (κ3) is 5.66. The number of nitrogens with two attached hydrogens (primary N) is 1. The molecule has 0 aliphatic rings. The van der Waals surface area contributed by atoms with Crippen molar-refractivity contribution in [2.45, 2.75) is 12.6 Å². The number of rotatable bonds is 6. The van der Waals surface area contributed by atoms with Gasteiger partial charge in [0.15, 0.2) is 5.96 Å². The number of hydrogen-bond acceptors (Lipinski definition) is 4. The summed E-state index contributed by atoms with van der Waals surface area (Å²) in [5.41, 5.74) is 6.71. The van der Waals surface area contributed by atoms with E-state index in [1.807, 2.05) is 42.5 Å². The van der Waals surface area contributed by atoms with Gasteiger partial charge < -0.3 is 21.5 Å². The number of amides is 1. The summed E-state index contributed by atoms with van der Waals surface area (Å²) in [7, 11) is 1.68. The maximum Gasteiger partial charge on any atom is 0.248 e. The molecule has 1 atom stereocenters. The molecule has 1 aromatic heterocycles. The number of benzene rings is 2. The lowest BCUT2D eigenvalue weighted by Crippen LogP contribution is -2.38. The fourth-order valence-electron chi connectivity index (χ4n) is 2.65. The van der Waals surface area contributed by atoms with Crippen molar-refractivity contribution < 1.29 is 9.90 Å². The second kappa shape index (κ2) is 10.4. The summed E-state index contributed by atoms with van der Waals surface area (Å²) < 4.78 is 1.16. The minimum Gasteiger partial charge on any atom is -0.386 e. The number of aliphatic hydroxyl groups excluding tert-OH is 1. The Balaban J connectivity index is 0.00000280. The van der Waals surface area contributed by atoms with Crippen LogP contribution in [-0.4, -0.2) is 30.6 Å². The number of guanidine groups is 1. The summed E-state index contributed by atoms with van der Waals surface area (Å²) in [6.07, 6.45) is -0.615. The summed E-state index contributed by atoms with van der Waals surface area (Å²) in [5.74, 6) is 0.149. The van der Waals surface area contributed by atoms with Crippen LogP contribution in [0.4, 0.5) is 0 Å². The van der Waals surface area contributed by atoms with E-state index in [1.54, 1.807) is 30.5 Å². The molecule has 0 saturated carbocycles. The van der Waals surface area contributed by atoms with Crippen molar-refractivity contribution in [2.24, 2.45) is 10.7 Å². The van der Waals surface area contributed by atoms with E-state index in [4.69, 9.17) is 5.73 Å². The Hall–Kier alpha value is -2.17. The lowest BCUT2D eigenvalue weighted by molar-refractivity contribution is 0.100. The molecule has 0 fully saturated rings. The average molecular weight is 510 g/mol. The molecule has 148 valence electrons. The average Bonchev–Trinajstić information content (AvgIpc) is 3.12. The highest BCUT2D eigenvalue weighted by Gasteiger charge is 2.12. The first-order chi connectivity index (χ1) is 13.1. The minimum atomic E-state index is -0.615. The van der Waals surface area contributed by atoms with Gasteiger partial charge in [-0.2, -0.15) is 0 Å². The summed E-state index contributed by atoms with van der Waals surface area (Å²) in [5, 5.41) is 17.9. The Morgan fingerprint density at radius 2 is 1.89 bits per heavy atom. The molecule has 0 aliphatic carbocycles. The molecule has 0 aliphatic heterocycles. The van der Waals surface area contributed by atoms with E-state index in [1.165, 1.54) is 0 Å². The van der Waals surface area contributed by atoms with Crippen molar-refractivity contribution in [3.05, 3.63) is 70.6 Å². The van der Waals surface area contributed by atoms with Gasteiger partial charge in [0.2, 0.25) is 5.91 Å². The van der Waals surface area contributed by atoms with Crippen LogP contribution in [0.1, 0.15) is 26.9 Å². The van der Waals surface area contributed by atoms with E-state index in [0.29, 0.717) is 24.6 Å². The number of fused-ring (bicyclic) bond motifs is 1. The zero-order chi connectivity index (χ0) is 19.2. The van der Waals surface area contributed by atoms with Crippen molar-refractivity contribution in [1.29, 1.82) is 0 Å². The number of aliphatic hydroxyl groups is 1. The van der Waals surface area contributed by atoms with Gasteiger partial charge in [0.25, 0.3) is 0 Å². The standard InChI is InChI=1S/C20H22N4O2S.HI/c1-22-20(23-11-13-6-8-14(9-7-13)19(21)26)24-12-16(25)18-10-15-4-2-3-5-17(15)27-18;/h2-10,16,25H,11-12H2,1H3,(H2,21,26)(H2,22,23,24);1H. The van der Waals surface area contributed by atoms with Gasteiger partial charge >= 0.3 is 0 Å². The van der Waals surface area contributed by atoms with E-state index < -0.39 is 12.0 Å². The van der Waals surface area contributed by atoms with Crippen LogP contribution < -0.4 is 16.4 Å². The van der Waals surface area contributed by atoms with Gasteiger partial charge in [0.05, 0.1) is 0 Å². The maximum absolute atomic E-state index is 11.1. The van der Waals surface area contributed by atoms with E-state index in [0.717, 1.165) is 20.5 Å². The quantitative estimate of drug-likeness (QED) is 0.233. The van der Waals surface area contributed by atoms with E-state index in [2.05, 4.69) is 15.6 Å². The van der Waals surface area contributed by atoms with Crippen LogP contribution in [0.3, 0.4) is 0 Å². The fraction of sp³-hybridized carbons (Fsp3) is 0.200. The van der Waals surface area contributed by atoms with Crippen molar-refractivity contribution in [3.8, 4) is 0 Å². The first-order valence-corrected chi connectivity index (χ1v) is 9.38. The van der Waals surface area contributed by atoms with Gasteiger partial charge in [-0.05, 0) is 35.2 Å². The molecular weight excluding hydrogens is 487 g/mol. The topological polar surface area (TPSA) is 99.7 Å². The second-order valence-corrected chi connectivity index (χ2v) is 7.19. The molecule has 2 aromatic carbocycles. The van der Waals surface area contributed by atoms with Crippen LogP contribution in [0, 0.1) is 0 Å². The molecular formula is C20H23IN4O2S. The number of nitrogens with one attached hydrogen (secondary N) is 2. The molecule has 6 nitrogen and oxygen atoms in total. The number of hydrogen-bond donors (Lipinski definition) is 4.